The molecule has 2 aromatic heterocycles. The number of aryl methyl sites for hydroxylation is 1. The van der Waals surface area contributed by atoms with Crippen molar-refractivity contribution in [2.45, 2.75) is 13.5 Å². The second-order valence-electron chi connectivity index (χ2n) is 7.05. The van der Waals surface area contributed by atoms with Gasteiger partial charge in [0.2, 0.25) is 0 Å². The molecular weight excluding hydrogens is 411 g/mol. The fourth-order valence-electron chi connectivity index (χ4n) is 3.17. The fourth-order valence-corrected chi connectivity index (χ4v) is 3.17. The van der Waals surface area contributed by atoms with Crippen LogP contribution in [0.1, 0.15) is 32.0 Å². The van der Waals surface area contributed by atoms with Gasteiger partial charge in [-0.2, -0.15) is 0 Å². The maximum atomic E-state index is 13.2. The van der Waals surface area contributed by atoms with Gasteiger partial charge in [0.1, 0.15) is 22.8 Å². The van der Waals surface area contributed by atoms with E-state index in [9.17, 15) is 14.0 Å². The average Bonchev–Trinajstić information content (AvgIpc) is 3.20. The Morgan fingerprint density at radius 2 is 1.84 bits per heavy atom. The number of pyridine rings is 1. The van der Waals surface area contributed by atoms with Gasteiger partial charge in [-0.05, 0) is 61.0 Å². The SMILES string of the molecule is Cc1onc(-c2ccc(F)cc2)c1C(=O)NCc1cccc(NC(=O)c2cccnc2)c1. The molecule has 0 fully saturated rings. The molecular formula is C24H19FN4O3. The third-order valence-electron chi connectivity index (χ3n) is 4.77. The molecule has 0 atom stereocenters. The fraction of sp³-hybridized carbons (Fsp3) is 0.0833. The van der Waals surface area contributed by atoms with Crippen LogP contribution < -0.4 is 10.6 Å². The Balaban J connectivity index is 1.45. The Labute approximate surface area is 183 Å². The summed E-state index contributed by atoms with van der Waals surface area (Å²) in [5.41, 5.74) is 3.05. The number of nitrogens with one attached hydrogen (secondary N) is 2. The number of rotatable bonds is 6. The first-order valence-electron chi connectivity index (χ1n) is 9.82. The van der Waals surface area contributed by atoms with Crippen molar-refractivity contribution >= 4 is 17.5 Å². The molecule has 4 aromatic rings. The van der Waals surface area contributed by atoms with E-state index in [1.54, 1.807) is 43.5 Å². The highest BCUT2D eigenvalue weighted by Crippen LogP contribution is 2.25. The van der Waals surface area contributed by atoms with Crippen LogP contribution in [0.3, 0.4) is 0 Å². The monoisotopic (exact) mass is 430 g/mol. The first kappa shape index (κ1) is 20.9. The van der Waals surface area contributed by atoms with Gasteiger partial charge in [0.05, 0.1) is 5.56 Å². The zero-order chi connectivity index (χ0) is 22.5. The summed E-state index contributed by atoms with van der Waals surface area (Å²) in [7, 11) is 0. The van der Waals surface area contributed by atoms with Crippen molar-refractivity contribution in [3.05, 3.63) is 101 Å². The van der Waals surface area contributed by atoms with E-state index in [1.807, 2.05) is 6.07 Å². The summed E-state index contributed by atoms with van der Waals surface area (Å²) in [4.78, 5) is 29.1. The number of hydrogen-bond donors (Lipinski definition) is 2. The summed E-state index contributed by atoms with van der Waals surface area (Å²) in [6.45, 7) is 1.87. The zero-order valence-corrected chi connectivity index (χ0v) is 17.1. The minimum Gasteiger partial charge on any atom is -0.360 e. The largest absolute Gasteiger partial charge is 0.360 e. The van der Waals surface area contributed by atoms with Crippen molar-refractivity contribution in [1.29, 1.82) is 0 Å². The van der Waals surface area contributed by atoms with Crippen molar-refractivity contribution in [2.24, 2.45) is 0 Å². The number of hydrogen-bond acceptors (Lipinski definition) is 5. The van der Waals surface area contributed by atoms with Crippen LogP contribution in [0.5, 0.6) is 0 Å². The van der Waals surface area contributed by atoms with E-state index in [1.165, 1.54) is 30.5 Å². The summed E-state index contributed by atoms with van der Waals surface area (Å²) in [6.07, 6.45) is 3.08. The minimum atomic E-state index is -0.379. The van der Waals surface area contributed by atoms with E-state index in [0.29, 0.717) is 28.3 Å². The number of nitrogens with zero attached hydrogens (tertiary/aromatic N) is 2. The second kappa shape index (κ2) is 9.22. The molecule has 32 heavy (non-hydrogen) atoms. The first-order valence-corrected chi connectivity index (χ1v) is 9.82. The number of benzene rings is 2. The molecule has 0 saturated carbocycles. The number of carbonyl (C=O) groups excluding carboxylic acids is 2. The van der Waals surface area contributed by atoms with Gasteiger partial charge in [-0.15, -0.1) is 0 Å². The highest BCUT2D eigenvalue weighted by atomic mass is 19.1. The van der Waals surface area contributed by atoms with Crippen LogP contribution in [0.15, 0.2) is 77.6 Å². The van der Waals surface area contributed by atoms with Crippen molar-refractivity contribution in [3.8, 4) is 11.3 Å². The van der Waals surface area contributed by atoms with Crippen molar-refractivity contribution in [2.75, 3.05) is 5.32 Å². The molecule has 160 valence electrons. The third kappa shape index (κ3) is 4.70. The number of anilines is 1. The second-order valence-corrected chi connectivity index (χ2v) is 7.05. The van der Waals surface area contributed by atoms with Crippen LogP contribution in [0, 0.1) is 12.7 Å². The Kier molecular flexibility index (Phi) is 6.03. The molecule has 0 aliphatic carbocycles. The summed E-state index contributed by atoms with van der Waals surface area (Å²) < 4.78 is 18.4. The maximum Gasteiger partial charge on any atom is 0.257 e. The normalized spacial score (nSPS) is 10.6. The lowest BCUT2D eigenvalue weighted by Gasteiger charge is -2.09. The van der Waals surface area contributed by atoms with Gasteiger partial charge in [0.25, 0.3) is 11.8 Å². The molecule has 0 aliphatic heterocycles. The Hall–Kier alpha value is -4.33. The predicted molar refractivity (Wildman–Crippen MR) is 116 cm³/mol. The van der Waals surface area contributed by atoms with Crippen molar-refractivity contribution in [1.82, 2.24) is 15.5 Å². The lowest BCUT2D eigenvalue weighted by atomic mass is 10.1. The van der Waals surface area contributed by atoms with Gasteiger partial charge in [-0.25, -0.2) is 4.39 Å². The van der Waals surface area contributed by atoms with Crippen LogP contribution >= 0.6 is 0 Å². The minimum absolute atomic E-state index is 0.225. The van der Waals surface area contributed by atoms with Gasteiger partial charge in [0.15, 0.2) is 0 Å². The first-order chi connectivity index (χ1) is 15.5. The number of carbonyl (C=O) groups is 2. The van der Waals surface area contributed by atoms with Crippen LogP contribution in [-0.4, -0.2) is 22.0 Å². The molecule has 0 spiro atoms. The van der Waals surface area contributed by atoms with E-state index >= 15 is 0 Å². The molecule has 0 aliphatic rings. The average molecular weight is 430 g/mol. The molecule has 2 heterocycles. The summed E-state index contributed by atoms with van der Waals surface area (Å²) in [5.74, 6) is -0.661. The third-order valence-corrected chi connectivity index (χ3v) is 4.77. The van der Waals surface area contributed by atoms with Crippen LogP contribution in [-0.2, 0) is 6.54 Å². The Morgan fingerprint density at radius 1 is 1.03 bits per heavy atom. The van der Waals surface area contributed by atoms with Crippen LogP contribution in [0.4, 0.5) is 10.1 Å². The lowest BCUT2D eigenvalue weighted by molar-refractivity contribution is 0.0949. The summed E-state index contributed by atoms with van der Waals surface area (Å²) in [6, 6.07) is 16.2. The molecule has 0 bridgehead atoms. The Morgan fingerprint density at radius 3 is 2.59 bits per heavy atom. The van der Waals surface area contributed by atoms with Crippen molar-refractivity contribution < 1.29 is 18.5 Å². The maximum absolute atomic E-state index is 13.2. The number of aromatic nitrogens is 2. The molecule has 7 nitrogen and oxygen atoms in total. The summed E-state index contributed by atoms with van der Waals surface area (Å²) >= 11 is 0. The van der Waals surface area contributed by atoms with Crippen molar-refractivity contribution in [3.63, 3.8) is 0 Å². The van der Waals surface area contributed by atoms with E-state index < -0.39 is 0 Å². The van der Waals surface area contributed by atoms with E-state index in [4.69, 9.17) is 4.52 Å². The van der Waals surface area contributed by atoms with Crippen LogP contribution in [0.25, 0.3) is 11.3 Å². The predicted octanol–water partition coefficient (Wildman–Crippen LogP) is 4.37. The van der Waals surface area contributed by atoms with E-state index in [0.717, 1.165) is 5.56 Å². The molecule has 2 amide bonds. The smallest absolute Gasteiger partial charge is 0.257 e. The van der Waals surface area contributed by atoms with Gasteiger partial charge in [-0.1, -0.05) is 17.3 Å². The molecule has 2 aromatic carbocycles. The molecule has 0 radical (unpaired) electrons. The van der Waals surface area contributed by atoms with Gasteiger partial charge >= 0.3 is 0 Å². The molecule has 8 heteroatoms. The molecule has 2 N–H and O–H groups in total. The number of amides is 2. The summed E-state index contributed by atoms with van der Waals surface area (Å²) in [5, 5.41) is 9.61. The highest BCUT2D eigenvalue weighted by molar-refractivity contribution is 6.04. The topological polar surface area (TPSA) is 97.1 Å². The highest BCUT2D eigenvalue weighted by Gasteiger charge is 2.21. The molecule has 4 rings (SSSR count). The van der Waals surface area contributed by atoms with Gasteiger partial charge in [0, 0.05) is 30.2 Å². The lowest BCUT2D eigenvalue weighted by Crippen LogP contribution is -2.23. The quantitative estimate of drug-likeness (QED) is 0.474. The molecule has 0 unspecified atom stereocenters. The molecule has 0 saturated heterocycles. The Bertz CT molecular complexity index is 1250. The van der Waals surface area contributed by atoms with Gasteiger partial charge < -0.3 is 15.2 Å². The number of halogens is 1. The standard InChI is InChI=1S/C24H19FN4O3/c1-15-21(22(29-32-15)17-7-9-19(25)10-8-17)24(31)27-13-16-4-2-6-20(12-16)28-23(30)18-5-3-11-26-14-18/h2-12,14H,13H2,1H3,(H,27,31)(H,28,30). The van der Waals surface area contributed by atoms with Gasteiger partial charge in [-0.3, -0.25) is 14.6 Å². The zero-order valence-electron chi connectivity index (χ0n) is 17.1. The van der Waals surface area contributed by atoms with E-state index in [2.05, 4.69) is 20.8 Å². The van der Waals surface area contributed by atoms with Crippen LogP contribution in [0.2, 0.25) is 0 Å². The van der Waals surface area contributed by atoms with E-state index in [-0.39, 0.29) is 29.7 Å².